The second kappa shape index (κ2) is 6.89. The highest BCUT2D eigenvalue weighted by molar-refractivity contribution is 4.96. The summed E-state index contributed by atoms with van der Waals surface area (Å²) in [6, 6.07) is 3.29. The lowest BCUT2D eigenvalue weighted by Gasteiger charge is -2.26. The third kappa shape index (κ3) is 3.43. The second-order valence-electron chi connectivity index (χ2n) is 7.25. The average Bonchev–Trinajstić information content (AvgIpc) is 3.19. The van der Waals surface area contributed by atoms with Crippen molar-refractivity contribution in [2.24, 2.45) is 11.8 Å². The Labute approximate surface area is 142 Å². The lowest BCUT2D eigenvalue weighted by atomic mass is 10.1. The molecule has 2 aromatic rings. The first-order chi connectivity index (χ1) is 11.8. The summed E-state index contributed by atoms with van der Waals surface area (Å²) in [5, 5.41) is 4.24. The normalized spacial score (nSPS) is 22.4. The Bertz CT molecular complexity index is 731. The van der Waals surface area contributed by atoms with Gasteiger partial charge in [0.05, 0.1) is 13.1 Å². The van der Waals surface area contributed by atoms with Gasteiger partial charge < -0.3 is 4.57 Å². The number of hydrogen-bond donors (Lipinski definition) is 0. The summed E-state index contributed by atoms with van der Waals surface area (Å²) in [5.74, 6) is 2.34. The lowest BCUT2D eigenvalue weighted by Crippen LogP contribution is -2.35. The number of aromatic nitrogens is 4. The molecule has 24 heavy (non-hydrogen) atoms. The Morgan fingerprint density at radius 3 is 2.79 bits per heavy atom. The third-order valence-corrected chi connectivity index (χ3v) is 5.35. The molecular weight excluding hydrogens is 302 g/mol. The third-order valence-electron chi connectivity index (χ3n) is 5.35. The minimum absolute atomic E-state index is 0.0186. The van der Waals surface area contributed by atoms with Crippen LogP contribution in [0.5, 0.6) is 0 Å². The number of nitrogens with zero attached hydrogens (tertiary/aromatic N) is 5. The Balaban J connectivity index is 1.52. The second-order valence-corrected chi connectivity index (χ2v) is 7.25. The molecule has 4 rings (SSSR count). The smallest absolute Gasteiger partial charge is 0.266 e. The maximum atomic E-state index is 12.0. The first-order valence-electron chi connectivity index (χ1n) is 9.02. The van der Waals surface area contributed by atoms with Gasteiger partial charge >= 0.3 is 0 Å². The van der Waals surface area contributed by atoms with Gasteiger partial charge in [0.25, 0.3) is 5.56 Å². The van der Waals surface area contributed by atoms with E-state index in [0.29, 0.717) is 12.5 Å². The minimum Gasteiger partial charge on any atom is -0.333 e. The van der Waals surface area contributed by atoms with Crippen LogP contribution in [0.1, 0.15) is 31.5 Å². The van der Waals surface area contributed by atoms with E-state index in [9.17, 15) is 4.79 Å². The van der Waals surface area contributed by atoms with Crippen molar-refractivity contribution in [3.63, 3.8) is 0 Å². The van der Waals surface area contributed by atoms with Crippen LogP contribution in [0, 0.1) is 11.8 Å². The predicted octanol–water partition coefficient (Wildman–Crippen LogP) is 1.76. The number of imidazole rings is 1. The van der Waals surface area contributed by atoms with Crippen LogP contribution < -0.4 is 5.56 Å². The maximum Gasteiger partial charge on any atom is 0.266 e. The summed E-state index contributed by atoms with van der Waals surface area (Å²) in [7, 11) is 0. The molecule has 0 bridgehead atoms. The van der Waals surface area contributed by atoms with Crippen LogP contribution in [-0.2, 0) is 19.6 Å². The van der Waals surface area contributed by atoms with Gasteiger partial charge in [-0.15, -0.1) is 0 Å². The largest absolute Gasteiger partial charge is 0.333 e. The van der Waals surface area contributed by atoms with Gasteiger partial charge in [-0.2, -0.15) is 5.10 Å². The van der Waals surface area contributed by atoms with Crippen LogP contribution in [0.4, 0.5) is 0 Å². The molecule has 0 unspecified atom stereocenters. The van der Waals surface area contributed by atoms with Crippen molar-refractivity contribution in [2.45, 2.75) is 45.3 Å². The van der Waals surface area contributed by atoms with Crippen molar-refractivity contribution in [2.75, 3.05) is 13.1 Å². The van der Waals surface area contributed by atoms with E-state index in [0.717, 1.165) is 37.9 Å². The molecule has 0 amide bonds. The van der Waals surface area contributed by atoms with Crippen LogP contribution in [-0.4, -0.2) is 37.3 Å². The molecule has 1 atom stereocenters. The van der Waals surface area contributed by atoms with Crippen LogP contribution in [0.25, 0.3) is 0 Å². The predicted molar refractivity (Wildman–Crippen MR) is 91.4 cm³/mol. The van der Waals surface area contributed by atoms with Crippen molar-refractivity contribution in [1.29, 1.82) is 0 Å². The SMILES string of the molecule is O=c1cccnn1C[C@@H]1CN(CC2CCCC2)Cc2nccn2C1. The molecule has 0 radical (unpaired) electrons. The zero-order chi connectivity index (χ0) is 16.4. The number of hydrogen-bond acceptors (Lipinski definition) is 4. The van der Waals surface area contributed by atoms with E-state index < -0.39 is 0 Å². The molecule has 0 N–H and O–H groups in total. The fourth-order valence-electron chi connectivity index (χ4n) is 4.21. The standard InChI is InChI=1S/C18H25N5O/c24-18-6-3-7-20-23(18)13-16-11-21(10-15-4-1-2-5-15)14-17-19-8-9-22(17)12-16/h3,6-9,15-16H,1-2,4-5,10-14H2/t16-/m1/s1. The molecule has 6 nitrogen and oxygen atoms in total. The zero-order valence-corrected chi connectivity index (χ0v) is 14.0. The summed E-state index contributed by atoms with van der Waals surface area (Å²) in [6.45, 7) is 4.64. The quantitative estimate of drug-likeness (QED) is 0.859. The number of rotatable bonds is 4. The van der Waals surface area contributed by atoms with Gasteiger partial charge in [-0.25, -0.2) is 9.67 Å². The van der Waals surface area contributed by atoms with Crippen LogP contribution >= 0.6 is 0 Å². The molecular formula is C18H25N5O. The van der Waals surface area contributed by atoms with Crippen LogP contribution in [0.3, 0.4) is 0 Å². The topological polar surface area (TPSA) is 56.0 Å². The van der Waals surface area contributed by atoms with E-state index in [4.69, 9.17) is 0 Å². The highest BCUT2D eigenvalue weighted by atomic mass is 16.1. The van der Waals surface area contributed by atoms with Gasteiger partial charge in [0.2, 0.25) is 0 Å². The van der Waals surface area contributed by atoms with Crippen molar-refractivity contribution >= 4 is 0 Å². The lowest BCUT2D eigenvalue weighted by molar-refractivity contribution is 0.183. The van der Waals surface area contributed by atoms with Crippen LogP contribution in [0.2, 0.25) is 0 Å². The summed E-state index contributed by atoms with van der Waals surface area (Å²) in [6.07, 6.45) is 11.1. The number of fused-ring (bicyclic) bond motifs is 1. The molecule has 1 aliphatic heterocycles. The van der Waals surface area contributed by atoms with Gasteiger partial charge in [-0.1, -0.05) is 12.8 Å². The molecule has 2 aliphatic rings. The van der Waals surface area contributed by atoms with Gasteiger partial charge in [0, 0.05) is 50.2 Å². The Morgan fingerprint density at radius 2 is 1.96 bits per heavy atom. The van der Waals surface area contributed by atoms with Crippen molar-refractivity contribution in [3.8, 4) is 0 Å². The monoisotopic (exact) mass is 327 g/mol. The summed E-state index contributed by atoms with van der Waals surface area (Å²) in [4.78, 5) is 19.1. The molecule has 0 spiro atoms. The summed E-state index contributed by atoms with van der Waals surface area (Å²) in [5.41, 5.74) is -0.0186. The minimum atomic E-state index is -0.0186. The van der Waals surface area contributed by atoms with Gasteiger partial charge in [-0.05, 0) is 24.8 Å². The Morgan fingerprint density at radius 1 is 1.08 bits per heavy atom. The Hall–Kier alpha value is -1.95. The average molecular weight is 327 g/mol. The van der Waals surface area contributed by atoms with E-state index in [1.165, 1.54) is 25.7 Å². The van der Waals surface area contributed by atoms with Gasteiger partial charge in [-0.3, -0.25) is 9.69 Å². The fraction of sp³-hybridized carbons (Fsp3) is 0.611. The van der Waals surface area contributed by atoms with Crippen LogP contribution in [0.15, 0.2) is 35.5 Å². The fourth-order valence-corrected chi connectivity index (χ4v) is 4.21. The highest BCUT2D eigenvalue weighted by Gasteiger charge is 2.26. The molecule has 2 aromatic heterocycles. The van der Waals surface area contributed by atoms with Gasteiger partial charge in [0.15, 0.2) is 0 Å². The maximum absolute atomic E-state index is 12.0. The van der Waals surface area contributed by atoms with Crippen molar-refractivity contribution < 1.29 is 0 Å². The Kier molecular flexibility index (Phi) is 4.47. The first kappa shape index (κ1) is 15.6. The van der Waals surface area contributed by atoms with E-state index in [2.05, 4.69) is 25.7 Å². The van der Waals surface area contributed by atoms with Crippen molar-refractivity contribution in [1.82, 2.24) is 24.2 Å². The molecule has 0 aromatic carbocycles. The first-order valence-corrected chi connectivity index (χ1v) is 9.02. The summed E-state index contributed by atoms with van der Waals surface area (Å²) < 4.78 is 3.84. The van der Waals surface area contributed by atoms with E-state index in [-0.39, 0.29) is 5.56 Å². The zero-order valence-electron chi connectivity index (χ0n) is 14.0. The van der Waals surface area contributed by atoms with E-state index >= 15 is 0 Å². The van der Waals surface area contributed by atoms with Gasteiger partial charge in [0.1, 0.15) is 5.82 Å². The van der Waals surface area contributed by atoms with E-state index in [1.54, 1.807) is 23.0 Å². The van der Waals surface area contributed by atoms with E-state index in [1.807, 2.05) is 6.20 Å². The molecule has 1 fully saturated rings. The molecule has 1 aliphatic carbocycles. The molecule has 0 saturated heterocycles. The molecule has 6 heteroatoms. The molecule has 128 valence electrons. The van der Waals surface area contributed by atoms with Crippen molar-refractivity contribution in [3.05, 3.63) is 46.9 Å². The molecule has 1 saturated carbocycles. The summed E-state index contributed by atoms with van der Waals surface area (Å²) >= 11 is 0. The highest BCUT2D eigenvalue weighted by Crippen LogP contribution is 2.27. The molecule has 3 heterocycles.